The van der Waals surface area contributed by atoms with Gasteiger partial charge in [0.15, 0.2) is 0 Å². The SMILES string of the molecule is Cc1ncc(CN(C)C(=O)[C@H]2CC(=O)N(c3ccc(F)cc3)C2)s1. The number of aryl methyl sites for hydroxylation is 1. The summed E-state index contributed by atoms with van der Waals surface area (Å²) in [5.41, 5.74) is 0.623. The van der Waals surface area contributed by atoms with Gasteiger partial charge in [-0.15, -0.1) is 11.3 Å². The van der Waals surface area contributed by atoms with Crippen LogP contribution in [0.15, 0.2) is 30.5 Å². The average Bonchev–Trinajstić information content (AvgIpc) is 3.13. The Hall–Kier alpha value is -2.28. The van der Waals surface area contributed by atoms with Gasteiger partial charge in [-0.1, -0.05) is 0 Å². The number of carbonyl (C=O) groups is 2. The molecule has 24 heavy (non-hydrogen) atoms. The van der Waals surface area contributed by atoms with Crippen LogP contribution in [0.4, 0.5) is 10.1 Å². The van der Waals surface area contributed by atoms with Crippen molar-refractivity contribution in [2.24, 2.45) is 5.92 Å². The normalized spacial score (nSPS) is 17.4. The molecule has 1 aliphatic heterocycles. The van der Waals surface area contributed by atoms with Crippen LogP contribution in [0.3, 0.4) is 0 Å². The van der Waals surface area contributed by atoms with Crippen LogP contribution in [-0.4, -0.2) is 35.3 Å². The molecule has 1 atom stereocenters. The van der Waals surface area contributed by atoms with E-state index in [9.17, 15) is 14.0 Å². The maximum absolute atomic E-state index is 13.0. The second-order valence-corrected chi connectivity index (χ2v) is 7.24. The molecule has 1 aromatic heterocycles. The third-order valence-electron chi connectivity index (χ3n) is 4.05. The van der Waals surface area contributed by atoms with Crippen LogP contribution < -0.4 is 4.90 Å². The zero-order chi connectivity index (χ0) is 17.3. The minimum atomic E-state index is -0.374. The zero-order valence-electron chi connectivity index (χ0n) is 13.5. The molecule has 2 amide bonds. The van der Waals surface area contributed by atoms with E-state index in [0.717, 1.165) is 9.88 Å². The maximum atomic E-state index is 13.0. The van der Waals surface area contributed by atoms with Gasteiger partial charge in [0.2, 0.25) is 11.8 Å². The topological polar surface area (TPSA) is 53.5 Å². The lowest BCUT2D eigenvalue weighted by atomic mass is 10.1. The molecule has 5 nitrogen and oxygen atoms in total. The minimum absolute atomic E-state index is 0.0565. The number of benzene rings is 1. The average molecular weight is 347 g/mol. The van der Waals surface area contributed by atoms with Crippen molar-refractivity contribution in [3.8, 4) is 0 Å². The number of carbonyl (C=O) groups excluding carboxylic acids is 2. The number of thiazole rings is 1. The van der Waals surface area contributed by atoms with E-state index in [1.165, 1.54) is 12.1 Å². The van der Waals surface area contributed by atoms with Crippen LogP contribution in [0.2, 0.25) is 0 Å². The van der Waals surface area contributed by atoms with Gasteiger partial charge < -0.3 is 9.80 Å². The molecule has 0 spiro atoms. The lowest BCUT2D eigenvalue weighted by Gasteiger charge is -2.21. The van der Waals surface area contributed by atoms with Crippen molar-refractivity contribution in [2.45, 2.75) is 19.9 Å². The largest absolute Gasteiger partial charge is 0.340 e. The van der Waals surface area contributed by atoms with Gasteiger partial charge in [-0.2, -0.15) is 0 Å². The van der Waals surface area contributed by atoms with Crippen molar-refractivity contribution in [1.29, 1.82) is 0 Å². The molecule has 7 heteroatoms. The first-order valence-electron chi connectivity index (χ1n) is 7.66. The van der Waals surface area contributed by atoms with Crippen LogP contribution in [0.25, 0.3) is 0 Å². The van der Waals surface area contributed by atoms with Gasteiger partial charge in [-0.05, 0) is 31.2 Å². The number of halogens is 1. The summed E-state index contributed by atoms with van der Waals surface area (Å²) in [4.78, 5) is 33.2. The smallest absolute Gasteiger partial charge is 0.228 e. The van der Waals surface area contributed by atoms with Crippen LogP contribution >= 0.6 is 11.3 Å². The lowest BCUT2D eigenvalue weighted by Crippen LogP contribution is -2.34. The van der Waals surface area contributed by atoms with E-state index < -0.39 is 0 Å². The van der Waals surface area contributed by atoms with Gasteiger partial charge >= 0.3 is 0 Å². The number of hydrogen-bond donors (Lipinski definition) is 0. The summed E-state index contributed by atoms with van der Waals surface area (Å²) < 4.78 is 13.0. The zero-order valence-corrected chi connectivity index (χ0v) is 14.3. The summed E-state index contributed by atoms with van der Waals surface area (Å²) >= 11 is 1.56. The standard InChI is InChI=1S/C17H18FN3O2S/c1-11-19-8-15(24-11)10-20(2)17(23)12-7-16(22)21(9-12)14-5-3-13(18)4-6-14/h3-6,8,12H,7,9-10H2,1-2H3/t12-/m0/s1. The first kappa shape index (κ1) is 16.6. The Kier molecular flexibility index (Phi) is 4.62. The molecule has 3 rings (SSSR count). The number of aromatic nitrogens is 1. The third kappa shape index (κ3) is 3.46. The first-order chi connectivity index (χ1) is 11.4. The molecule has 0 aliphatic carbocycles. The van der Waals surface area contributed by atoms with Gasteiger partial charge in [0.1, 0.15) is 5.82 Å². The van der Waals surface area contributed by atoms with E-state index in [2.05, 4.69) is 4.98 Å². The molecule has 1 fully saturated rings. The molecule has 2 aromatic rings. The number of nitrogens with zero attached hydrogens (tertiary/aromatic N) is 3. The Balaban J connectivity index is 1.66. The molecule has 126 valence electrons. The van der Waals surface area contributed by atoms with E-state index in [1.54, 1.807) is 46.5 Å². The van der Waals surface area contributed by atoms with Gasteiger partial charge in [0.05, 0.1) is 17.5 Å². The molecule has 2 heterocycles. The monoisotopic (exact) mass is 347 g/mol. The van der Waals surface area contributed by atoms with E-state index in [-0.39, 0.29) is 30.0 Å². The number of anilines is 1. The predicted molar refractivity (Wildman–Crippen MR) is 90.2 cm³/mol. The van der Waals surface area contributed by atoms with Gasteiger partial charge in [0.25, 0.3) is 0 Å². The summed E-state index contributed by atoms with van der Waals surface area (Å²) in [6.07, 6.45) is 1.96. The molecule has 0 bridgehead atoms. The summed E-state index contributed by atoms with van der Waals surface area (Å²) in [6.45, 7) is 2.74. The first-order valence-corrected chi connectivity index (χ1v) is 8.48. The Labute approximate surface area is 143 Å². The van der Waals surface area contributed by atoms with Crippen LogP contribution in [0.1, 0.15) is 16.3 Å². The molecule has 1 saturated heterocycles. The van der Waals surface area contributed by atoms with E-state index >= 15 is 0 Å². The third-order valence-corrected chi connectivity index (χ3v) is 4.95. The van der Waals surface area contributed by atoms with Crippen molar-refractivity contribution < 1.29 is 14.0 Å². The van der Waals surface area contributed by atoms with E-state index in [1.807, 2.05) is 6.92 Å². The molecule has 1 aromatic carbocycles. The Morgan fingerprint density at radius 2 is 2.12 bits per heavy atom. The van der Waals surface area contributed by atoms with Crippen molar-refractivity contribution >= 4 is 28.8 Å². The minimum Gasteiger partial charge on any atom is -0.340 e. The molecule has 0 unspecified atom stereocenters. The second kappa shape index (κ2) is 6.68. The molecule has 0 saturated carbocycles. The molecule has 1 aliphatic rings. The fraction of sp³-hybridized carbons (Fsp3) is 0.353. The fourth-order valence-corrected chi connectivity index (χ4v) is 3.69. The Morgan fingerprint density at radius 1 is 1.42 bits per heavy atom. The lowest BCUT2D eigenvalue weighted by molar-refractivity contribution is -0.135. The number of hydrogen-bond acceptors (Lipinski definition) is 4. The highest BCUT2D eigenvalue weighted by atomic mass is 32.1. The molecular formula is C17H18FN3O2S. The van der Waals surface area contributed by atoms with Crippen molar-refractivity contribution in [1.82, 2.24) is 9.88 Å². The van der Waals surface area contributed by atoms with E-state index in [0.29, 0.717) is 18.8 Å². The summed E-state index contributed by atoms with van der Waals surface area (Å²) in [5, 5.41) is 0.962. The maximum Gasteiger partial charge on any atom is 0.228 e. The van der Waals surface area contributed by atoms with Gasteiger partial charge in [0, 0.05) is 36.8 Å². The predicted octanol–water partition coefficient (Wildman–Crippen LogP) is 2.60. The van der Waals surface area contributed by atoms with Crippen LogP contribution in [-0.2, 0) is 16.1 Å². The van der Waals surface area contributed by atoms with Crippen LogP contribution in [0.5, 0.6) is 0 Å². The molecule has 0 radical (unpaired) electrons. The summed E-state index contributed by atoms with van der Waals surface area (Å²) in [7, 11) is 1.74. The van der Waals surface area contributed by atoms with Gasteiger partial charge in [-0.3, -0.25) is 9.59 Å². The van der Waals surface area contributed by atoms with Crippen LogP contribution in [0, 0.1) is 18.7 Å². The fourth-order valence-electron chi connectivity index (χ4n) is 2.85. The van der Waals surface area contributed by atoms with E-state index in [4.69, 9.17) is 0 Å². The quantitative estimate of drug-likeness (QED) is 0.854. The Morgan fingerprint density at radius 3 is 2.75 bits per heavy atom. The highest BCUT2D eigenvalue weighted by Crippen LogP contribution is 2.27. The summed E-state index contributed by atoms with van der Waals surface area (Å²) in [6, 6.07) is 5.75. The highest BCUT2D eigenvalue weighted by Gasteiger charge is 2.36. The Bertz CT molecular complexity index is 759. The van der Waals surface area contributed by atoms with Crippen molar-refractivity contribution in [3.05, 3.63) is 46.2 Å². The highest BCUT2D eigenvalue weighted by molar-refractivity contribution is 7.11. The molecule has 0 N–H and O–H groups in total. The number of amides is 2. The van der Waals surface area contributed by atoms with Gasteiger partial charge in [-0.25, -0.2) is 9.37 Å². The number of rotatable bonds is 4. The van der Waals surface area contributed by atoms with Crippen molar-refractivity contribution in [3.63, 3.8) is 0 Å². The summed E-state index contributed by atoms with van der Waals surface area (Å²) in [5.74, 6) is -0.889. The second-order valence-electron chi connectivity index (χ2n) is 5.92. The van der Waals surface area contributed by atoms with Crippen molar-refractivity contribution in [2.75, 3.05) is 18.5 Å². The molecular weight excluding hydrogens is 329 g/mol.